The van der Waals surface area contributed by atoms with E-state index in [0.717, 1.165) is 26.2 Å². The van der Waals surface area contributed by atoms with Gasteiger partial charge in [0, 0.05) is 19.6 Å². The van der Waals surface area contributed by atoms with Gasteiger partial charge < -0.3 is 9.84 Å². The first kappa shape index (κ1) is 8.71. The number of morpholine rings is 1. The fourth-order valence-corrected chi connectivity index (χ4v) is 1.24. The molecule has 1 aliphatic rings. The quantitative estimate of drug-likeness (QED) is 0.579. The number of rotatable bonds is 3. The van der Waals surface area contributed by atoms with Gasteiger partial charge in [0.05, 0.1) is 19.3 Å². The van der Waals surface area contributed by atoms with Gasteiger partial charge in [0.15, 0.2) is 0 Å². The number of aliphatic hydroxyl groups excluding tert-OH is 1. The summed E-state index contributed by atoms with van der Waals surface area (Å²) in [6.07, 6.45) is 1.88. The summed E-state index contributed by atoms with van der Waals surface area (Å²) in [5.74, 6) is 0. The van der Waals surface area contributed by atoms with Gasteiger partial charge in [-0.2, -0.15) is 0 Å². The first-order chi connectivity index (χ1) is 5.36. The SMILES string of the molecule is C=CCN1CCOC(CO)C1. The standard InChI is InChI=1S/C8H15NO2/c1-2-3-9-4-5-11-8(6-9)7-10/h2,8,10H,1,3-7H2. The monoisotopic (exact) mass is 157 g/mol. The first-order valence-corrected chi connectivity index (χ1v) is 3.92. The summed E-state index contributed by atoms with van der Waals surface area (Å²) in [5, 5.41) is 8.80. The van der Waals surface area contributed by atoms with Gasteiger partial charge in [-0.25, -0.2) is 0 Å². The zero-order valence-corrected chi connectivity index (χ0v) is 6.70. The normalized spacial score (nSPS) is 26.8. The molecule has 1 saturated heterocycles. The summed E-state index contributed by atoms with van der Waals surface area (Å²) in [7, 11) is 0. The summed E-state index contributed by atoms with van der Waals surface area (Å²) in [5.41, 5.74) is 0. The van der Waals surface area contributed by atoms with Crippen LogP contribution in [-0.4, -0.2) is 49.0 Å². The Bertz CT molecular complexity index is 127. The maximum absolute atomic E-state index is 8.80. The second-order valence-corrected chi connectivity index (χ2v) is 2.72. The first-order valence-electron chi connectivity index (χ1n) is 3.92. The van der Waals surface area contributed by atoms with E-state index in [-0.39, 0.29) is 12.7 Å². The molecule has 1 atom stereocenters. The van der Waals surface area contributed by atoms with Crippen LogP contribution in [0.2, 0.25) is 0 Å². The van der Waals surface area contributed by atoms with Gasteiger partial charge in [-0.05, 0) is 0 Å². The summed E-state index contributed by atoms with van der Waals surface area (Å²) in [4.78, 5) is 2.22. The van der Waals surface area contributed by atoms with Gasteiger partial charge in [-0.15, -0.1) is 6.58 Å². The van der Waals surface area contributed by atoms with E-state index in [1.165, 1.54) is 0 Å². The molecule has 0 aliphatic carbocycles. The van der Waals surface area contributed by atoms with Crippen LogP contribution >= 0.6 is 0 Å². The van der Waals surface area contributed by atoms with Crippen LogP contribution < -0.4 is 0 Å². The van der Waals surface area contributed by atoms with Gasteiger partial charge in [-0.3, -0.25) is 4.90 Å². The van der Waals surface area contributed by atoms with Crippen LogP contribution in [-0.2, 0) is 4.74 Å². The summed E-state index contributed by atoms with van der Waals surface area (Å²) in [6.45, 7) is 7.16. The average Bonchev–Trinajstić information content (AvgIpc) is 2.06. The molecule has 1 aliphatic heterocycles. The molecule has 1 unspecified atom stereocenters. The summed E-state index contributed by atoms with van der Waals surface area (Å²) in [6, 6.07) is 0. The number of hydrogen-bond acceptors (Lipinski definition) is 3. The highest BCUT2D eigenvalue weighted by atomic mass is 16.5. The van der Waals surface area contributed by atoms with Crippen LogP contribution in [0, 0.1) is 0 Å². The molecule has 3 nitrogen and oxygen atoms in total. The Labute approximate surface area is 67.3 Å². The van der Waals surface area contributed by atoms with Crippen LogP contribution in [0.15, 0.2) is 12.7 Å². The fraction of sp³-hybridized carbons (Fsp3) is 0.750. The maximum Gasteiger partial charge on any atom is 0.0932 e. The van der Waals surface area contributed by atoms with Crippen molar-refractivity contribution in [1.82, 2.24) is 4.90 Å². The lowest BCUT2D eigenvalue weighted by molar-refractivity contribution is -0.0495. The molecule has 0 bridgehead atoms. The Morgan fingerprint density at radius 2 is 2.55 bits per heavy atom. The van der Waals surface area contributed by atoms with E-state index in [2.05, 4.69) is 11.5 Å². The second kappa shape index (κ2) is 4.49. The minimum atomic E-state index is 0.00343. The molecule has 3 heteroatoms. The number of aliphatic hydroxyl groups is 1. The third-order valence-corrected chi connectivity index (χ3v) is 1.81. The molecule has 11 heavy (non-hydrogen) atoms. The van der Waals surface area contributed by atoms with Crippen LogP contribution in [0.5, 0.6) is 0 Å². The van der Waals surface area contributed by atoms with Crippen molar-refractivity contribution in [3.8, 4) is 0 Å². The van der Waals surface area contributed by atoms with E-state index < -0.39 is 0 Å². The molecule has 64 valence electrons. The van der Waals surface area contributed by atoms with Crippen molar-refractivity contribution in [1.29, 1.82) is 0 Å². The van der Waals surface area contributed by atoms with Crippen LogP contribution in [0.3, 0.4) is 0 Å². The molecular formula is C8H15NO2. The third-order valence-electron chi connectivity index (χ3n) is 1.81. The molecule has 0 aromatic rings. The molecule has 1 N–H and O–H groups in total. The Morgan fingerprint density at radius 3 is 3.18 bits per heavy atom. The zero-order valence-electron chi connectivity index (χ0n) is 6.70. The third kappa shape index (κ3) is 2.61. The number of nitrogens with zero attached hydrogens (tertiary/aromatic N) is 1. The Balaban J connectivity index is 2.27. The van der Waals surface area contributed by atoms with Gasteiger partial charge in [0.2, 0.25) is 0 Å². The molecule has 0 saturated carbocycles. The molecule has 0 aromatic carbocycles. The van der Waals surface area contributed by atoms with Crippen LogP contribution in [0.25, 0.3) is 0 Å². The van der Waals surface area contributed by atoms with E-state index in [4.69, 9.17) is 9.84 Å². The molecular weight excluding hydrogens is 142 g/mol. The number of hydrogen-bond donors (Lipinski definition) is 1. The molecule has 1 fully saturated rings. The van der Waals surface area contributed by atoms with Crippen molar-refractivity contribution in [2.75, 3.05) is 32.8 Å². The van der Waals surface area contributed by atoms with Crippen LogP contribution in [0.1, 0.15) is 0 Å². The smallest absolute Gasteiger partial charge is 0.0932 e. The molecule has 0 aromatic heterocycles. The van der Waals surface area contributed by atoms with E-state index in [1.807, 2.05) is 6.08 Å². The largest absolute Gasteiger partial charge is 0.394 e. The molecule has 0 radical (unpaired) electrons. The van der Waals surface area contributed by atoms with Gasteiger partial charge in [0.1, 0.15) is 0 Å². The predicted octanol–water partition coefficient (Wildman–Crippen LogP) is -0.135. The zero-order chi connectivity index (χ0) is 8.10. The van der Waals surface area contributed by atoms with Crippen molar-refractivity contribution >= 4 is 0 Å². The minimum Gasteiger partial charge on any atom is -0.394 e. The van der Waals surface area contributed by atoms with E-state index in [9.17, 15) is 0 Å². The summed E-state index contributed by atoms with van der Waals surface area (Å²) < 4.78 is 5.28. The van der Waals surface area contributed by atoms with Gasteiger partial charge in [0.25, 0.3) is 0 Å². The van der Waals surface area contributed by atoms with Crippen molar-refractivity contribution in [3.05, 3.63) is 12.7 Å². The Kier molecular flexibility index (Phi) is 3.56. The van der Waals surface area contributed by atoms with Gasteiger partial charge in [-0.1, -0.05) is 6.08 Å². The lowest BCUT2D eigenvalue weighted by atomic mass is 10.3. The second-order valence-electron chi connectivity index (χ2n) is 2.72. The van der Waals surface area contributed by atoms with Crippen molar-refractivity contribution in [2.45, 2.75) is 6.10 Å². The van der Waals surface area contributed by atoms with Gasteiger partial charge >= 0.3 is 0 Å². The van der Waals surface area contributed by atoms with E-state index in [0.29, 0.717) is 0 Å². The van der Waals surface area contributed by atoms with Crippen molar-refractivity contribution in [3.63, 3.8) is 0 Å². The van der Waals surface area contributed by atoms with E-state index in [1.54, 1.807) is 0 Å². The molecule has 1 rings (SSSR count). The Hall–Kier alpha value is -0.380. The predicted molar refractivity (Wildman–Crippen MR) is 43.5 cm³/mol. The lowest BCUT2D eigenvalue weighted by Gasteiger charge is -2.30. The highest BCUT2D eigenvalue weighted by Crippen LogP contribution is 2.03. The lowest BCUT2D eigenvalue weighted by Crippen LogP contribution is -2.43. The highest BCUT2D eigenvalue weighted by molar-refractivity contribution is 4.78. The summed E-state index contributed by atoms with van der Waals surface area (Å²) >= 11 is 0. The molecule has 0 amide bonds. The fourth-order valence-electron chi connectivity index (χ4n) is 1.24. The molecule has 1 heterocycles. The Morgan fingerprint density at radius 1 is 1.73 bits per heavy atom. The number of ether oxygens (including phenoxy) is 1. The van der Waals surface area contributed by atoms with Crippen LogP contribution in [0.4, 0.5) is 0 Å². The van der Waals surface area contributed by atoms with Crippen molar-refractivity contribution < 1.29 is 9.84 Å². The minimum absolute atomic E-state index is 0.00343. The topological polar surface area (TPSA) is 32.7 Å². The maximum atomic E-state index is 8.80. The van der Waals surface area contributed by atoms with Crippen molar-refractivity contribution in [2.24, 2.45) is 0 Å². The average molecular weight is 157 g/mol. The highest BCUT2D eigenvalue weighted by Gasteiger charge is 2.17. The molecule has 0 spiro atoms. The van der Waals surface area contributed by atoms with E-state index >= 15 is 0 Å².